The molecular weight excluding hydrogens is 280 g/mol. The first-order chi connectivity index (χ1) is 9.45. The Morgan fingerprint density at radius 3 is 2.75 bits per heavy atom. The number of amides is 1. The molecule has 1 atom stereocenters. The van der Waals surface area contributed by atoms with Gasteiger partial charge in [0.15, 0.2) is 0 Å². The molecule has 0 aliphatic carbocycles. The average Bonchev–Trinajstić information content (AvgIpc) is 2.38. The van der Waals surface area contributed by atoms with Crippen LogP contribution < -0.4 is 5.32 Å². The van der Waals surface area contributed by atoms with E-state index in [4.69, 9.17) is 11.6 Å². The standard InChI is InChI=1S/C14H19ClN2O3/c1-3-4-5-6-10(2)16-14(18)12-8-7-11(15)9-13(12)17(19)20/h7-10H,3-6H2,1-2H3,(H,16,18)/t10-/m1/s1. The summed E-state index contributed by atoms with van der Waals surface area (Å²) >= 11 is 5.72. The number of carbonyl (C=O) groups excluding carboxylic acids is 1. The molecule has 0 heterocycles. The molecule has 6 heteroatoms. The Kier molecular flexibility index (Phi) is 6.45. The molecule has 0 bridgehead atoms. The second-order valence-electron chi connectivity index (χ2n) is 4.79. The molecule has 0 fully saturated rings. The van der Waals surface area contributed by atoms with Gasteiger partial charge in [-0.25, -0.2) is 0 Å². The molecule has 0 unspecified atom stereocenters. The molecule has 5 nitrogen and oxygen atoms in total. The maximum Gasteiger partial charge on any atom is 0.283 e. The summed E-state index contributed by atoms with van der Waals surface area (Å²) in [5.41, 5.74) is -0.225. The van der Waals surface area contributed by atoms with Crippen LogP contribution in [0, 0.1) is 10.1 Å². The van der Waals surface area contributed by atoms with Crippen molar-refractivity contribution in [2.24, 2.45) is 0 Å². The van der Waals surface area contributed by atoms with Gasteiger partial charge in [-0.3, -0.25) is 14.9 Å². The first-order valence-corrected chi connectivity index (χ1v) is 7.08. The second kappa shape index (κ2) is 7.85. The first-order valence-electron chi connectivity index (χ1n) is 6.70. The van der Waals surface area contributed by atoms with Crippen LogP contribution in [0.2, 0.25) is 5.02 Å². The summed E-state index contributed by atoms with van der Waals surface area (Å²) in [7, 11) is 0. The van der Waals surface area contributed by atoms with Crippen molar-refractivity contribution in [2.45, 2.75) is 45.6 Å². The normalized spacial score (nSPS) is 11.9. The SMILES string of the molecule is CCCCC[C@@H](C)NC(=O)c1ccc(Cl)cc1[N+](=O)[O-]. The van der Waals surface area contributed by atoms with Gasteiger partial charge in [0.05, 0.1) is 4.92 Å². The van der Waals surface area contributed by atoms with Gasteiger partial charge in [0, 0.05) is 17.1 Å². The maximum absolute atomic E-state index is 12.1. The van der Waals surface area contributed by atoms with E-state index in [0.29, 0.717) is 0 Å². The van der Waals surface area contributed by atoms with E-state index in [9.17, 15) is 14.9 Å². The lowest BCUT2D eigenvalue weighted by atomic mass is 10.1. The summed E-state index contributed by atoms with van der Waals surface area (Å²) in [6, 6.07) is 4.04. The summed E-state index contributed by atoms with van der Waals surface area (Å²) in [4.78, 5) is 22.4. The number of unbranched alkanes of at least 4 members (excludes halogenated alkanes) is 2. The summed E-state index contributed by atoms with van der Waals surface area (Å²) in [5, 5.41) is 14.0. The van der Waals surface area contributed by atoms with Gasteiger partial charge in [-0.2, -0.15) is 0 Å². The van der Waals surface area contributed by atoms with E-state index in [0.717, 1.165) is 25.7 Å². The zero-order valence-electron chi connectivity index (χ0n) is 11.7. The number of nitrogens with one attached hydrogen (secondary N) is 1. The maximum atomic E-state index is 12.1. The monoisotopic (exact) mass is 298 g/mol. The molecule has 1 rings (SSSR count). The number of hydrogen-bond donors (Lipinski definition) is 1. The van der Waals surface area contributed by atoms with Crippen LogP contribution in [0.4, 0.5) is 5.69 Å². The van der Waals surface area contributed by atoms with Gasteiger partial charge in [-0.15, -0.1) is 0 Å². The zero-order valence-corrected chi connectivity index (χ0v) is 12.4. The van der Waals surface area contributed by atoms with E-state index in [1.165, 1.54) is 18.2 Å². The van der Waals surface area contributed by atoms with Crippen molar-refractivity contribution in [1.29, 1.82) is 0 Å². The smallest absolute Gasteiger partial charge is 0.283 e. The van der Waals surface area contributed by atoms with Crippen LogP contribution >= 0.6 is 11.6 Å². The minimum absolute atomic E-state index is 0.00988. The predicted molar refractivity (Wildman–Crippen MR) is 79.2 cm³/mol. The molecule has 0 aromatic heterocycles. The highest BCUT2D eigenvalue weighted by atomic mass is 35.5. The fourth-order valence-electron chi connectivity index (χ4n) is 1.92. The van der Waals surface area contributed by atoms with Crippen molar-refractivity contribution in [2.75, 3.05) is 0 Å². The zero-order chi connectivity index (χ0) is 15.1. The molecular formula is C14H19ClN2O3. The van der Waals surface area contributed by atoms with Gasteiger partial charge >= 0.3 is 0 Å². The van der Waals surface area contributed by atoms with E-state index >= 15 is 0 Å². The minimum atomic E-state index is -0.595. The van der Waals surface area contributed by atoms with Crippen LogP contribution in [0.3, 0.4) is 0 Å². The summed E-state index contributed by atoms with van der Waals surface area (Å²) in [6.07, 6.45) is 4.12. The molecule has 20 heavy (non-hydrogen) atoms. The summed E-state index contributed by atoms with van der Waals surface area (Å²) < 4.78 is 0. The Hall–Kier alpha value is -1.62. The molecule has 0 saturated carbocycles. The summed E-state index contributed by atoms with van der Waals surface area (Å²) in [6.45, 7) is 4.01. The number of hydrogen-bond acceptors (Lipinski definition) is 3. The molecule has 0 aliphatic heterocycles. The number of carbonyl (C=O) groups is 1. The number of rotatable bonds is 7. The van der Waals surface area contributed by atoms with Gasteiger partial charge < -0.3 is 5.32 Å². The van der Waals surface area contributed by atoms with Gasteiger partial charge in [0.25, 0.3) is 11.6 Å². The molecule has 0 aliphatic rings. The highest BCUT2D eigenvalue weighted by Crippen LogP contribution is 2.23. The Morgan fingerprint density at radius 1 is 1.45 bits per heavy atom. The van der Waals surface area contributed by atoms with Crippen LogP contribution in [0.25, 0.3) is 0 Å². The Labute approximate surface area is 123 Å². The molecule has 110 valence electrons. The molecule has 1 aromatic rings. The third kappa shape index (κ3) is 4.81. The Balaban J connectivity index is 2.74. The largest absolute Gasteiger partial charge is 0.349 e. The lowest BCUT2D eigenvalue weighted by molar-refractivity contribution is -0.385. The van der Waals surface area contributed by atoms with Crippen LogP contribution in [0.15, 0.2) is 18.2 Å². The van der Waals surface area contributed by atoms with Crippen molar-refractivity contribution in [1.82, 2.24) is 5.32 Å². The van der Waals surface area contributed by atoms with Crippen LogP contribution in [-0.4, -0.2) is 16.9 Å². The van der Waals surface area contributed by atoms with E-state index < -0.39 is 10.8 Å². The molecule has 0 saturated heterocycles. The molecule has 1 N–H and O–H groups in total. The van der Waals surface area contributed by atoms with E-state index in [2.05, 4.69) is 12.2 Å². The predicted octanol–water partition coefficient (Wildman–Crippen LogP) is 3.95. The van der Waals surface area contributed by atoms with Crippen molar-refractivity contribution < 1.29 is 9.72 Å². The quantitative estimate of drug-likeness (QED) is 0.470. The number of nitro benzene ring substituents is 1. The first kappa shape index (κ1) is 16.4. The van der Waals surface area contributed by atoms with Gasteiger partial charge in [-0.05, 0) is 25.5 Å². The highest BCUT2D eigenvalue weighted by molar-refractivity contribution is 6.31. The summed E-state index contributed by atoms with van der Waals surface area (Å²) in [5.74, 6) is -0.433. The van der Waals surface area contributed by atoms with Crippen molar-refractivity contribution in [3.63, 3.8) is 0 Å². The number of halogens is 1. The third-order valence-corrected chi connectivity index (χ3v) is 3.25. The van der Waals surface area contributed by atoms with Crippen LogP contribution in [0.1, 0.15) is 49.9 Å². The van der Waals surface area contributed by atoms with Crippen LogP contribution in [-0.2, 0) is 0 Å². The molecule has 1 amide bonds. The Bertz CT molecular complexity index is 491. The third-order valence-electron chi connectivity index (χ3n) is 3.02. The lowest BCUT2D eigenvalue weighted by Crippen LogP contribution is -2.32. The fraction of sp³-hybridized carbons (Fsp3) is 0.500. The number of nitro groups is 1. The average molecular weight is 299 g/mol. The lowest BCUT2D eigenvalue weighted by Gasteiger charge is -2.13. The van der Waals surface area contributed by atoms with Gasteiger partial charge in [-0.1, -0.05) is 37.8 Å². The van der Waals surface area contributed by atoms with E-state index in [1.54, 1.807) is 0 Å². The van der Waals surface area contributed by atoms with Crippen molar-refractivity contribution in [3.8, 4) is 0 Å². The topological polar surface area (TPSA) is 72.2 Å². The van der Waals surface area contributed by atoms with Crippen LogP contribution in [0.5, 0.6) is 0 Å². The number of nitrogens with zero attached hydrogens (tertiary/aromatic N) is 1. The van der Waals surface area contributed by atoms with E-state index in [1.807, 2.05) is 6.92 Å². The second-order valence-corrected chi connectivity index (χ2v) is 5.23. The Morgan fingerprint density at radius 2 is 2.15 bits per heavy atom. The fourth-order valence-corrected chi connectivity index (χ4v) is 2.09. The highest BCUT2D eigenvalue weighted by Gasteiger charge is 2.21. The molecule has 1 aromatic carbocycles. The molecule has 0 radical (unpaired) electrons. The van der Waals surface area contributed by atoms with Crippen molar-refractivity contribution >= 4 is 23.2 Å². The number of benzene rings is 1. The minimum Gasteiger partial charge on any atom is -0.349 e. The van der Waals surface area contributed by atoms with Gasteiger partial charge in [0.1, 0.15) is 5.56 Å². The van der Waals surface area contributed by atoms with Gasteiger partial charge in [0.2, 0.25) is 0 Å². The molecule has 0 spiro atoms. The van der Waals surface area contributed by atoms with Crippen molar-refractivity contribution in [3.05, 3.63) is 38.9 Å². The van der Waals surface area contributed by atoms with E-state index in [-0.39, 0.29) is 22.3 Å².